The molecule has 0 aromatic carbocycles. The van der Waals surface area contributed by atoms with Crippen LogP contribution in [0.15, 0.2) is 0 Å². The summed E-state index contributed by atoms with van der Waals surface area (Å²) in [7, 11) is -2.05. The monoisotopic (exact) mass is 321 g/mol. The van der Waals surface area contributed by atoms with E-state index >= 15 is 0 Å². The van der Waals surface area contributed by atoms with E-state index in [1.807, 2.05) is 19.6 Å². The summed E-state index contributed by atoms with van der Waals surface area (Å²) in [6, 6.07) is 0.953. The second-order valence-electron chi connectivity index (χ2n) is 6.07. The number of nitrogens with one attached hydrogen (secondary N) is 1. The Kier molecular flexibility index (Phi) is 9.36. The maximum atomic E-state index is 11.5. The number of carbonyl (C=O) groups excluding carboxylic acids is 1. The van der Waals surface area contributed by atoms with Gasteiger partial charge in [0.05, 0.1) is 0 Å². The second-order valence-corrected chi connectivity index (χ2v) is 14.0. The van der Waals surface area contributed by atoms with E-state index in [1.54, 1.807) is 7.11 Å². The Bertz CT molecular complexity index is 284. The summed E-state index contributed by atoms with van der Waals surface area (Å²) in [5.41, 5.74) is 0. The first-order valence-corrected chi connectivity index (χ1v) is 13.3. The van der Waals surface area contributed by atoms with Gasteiger partial charge in [0, 0.05) is 20.3 Å². The third kappa shape index (κ3) is 10.4. The number of carbonyl (C=O) groups is 1. The van der Waals surface area contributed by atoms with E-state index in [0.29, 0.717) is 6.54 Å². The Morgan fingerprint density at radius 2 is 1.80 bits per heavy atom. The van der Waals surface area contributed by atoms with Crippen LogP contribution in [0, 0.1) is 0 Å². The van der Waals surface area contributed by atoms with Gasteiger partial charge >= 0.3 is 14.7 Å². The summed E-state index contributed by atoms with van der Waals surface area (Å²) in [5.74, 6) is 0. The van der Waals surface area contributed by atoms with Crippen molar-refractivity contribution in [3.63, 3.8) is 0 Å². The third-order valence-corrected chi connectivity index (χ3v) is 6.51. The van der Waals surface area contributed by atoms with E-state index in [2.05, 4.69) is 18.8 Å². The van der Waals surface area contributed by atoms with E-state index in [-0.39, 0.29) is 6.09 Å². The van der Waals surface area contributed by atoms with Gasteiger partial charge in [-0.3, -0.25) is 0 Å². The standard InChI is InChI=1S/C13H31NO4Si2/c1-7-11-17-20(6,16-2)12-9-8-10-14-13(15)18-19(3,4)5/h7-12H2,1-6H3,(H,14,15). The summed E-state index contributed by atoms with van der Waals surface area (Å²) in [4.78, 5) is 11.5. The van der Waals surface area contributed by atoms with Crippen molar-refractivity contribution < 1.29 is 18.1 Å². The molecular weight excluding hydrogens is 290 g/mol. The molecule has 1 N–H and O–H groups in total. The van der Waals surface area contributed by atoms with Crippen LogP contribution in [-0.4, -0.2) is 43.2 Å². The van der Waals surface area contributed by atoms with E-state index in [4.69, 9.17) is 13.3 Å². The van der Waals surface area contributed by atoms with Crippen LogP contribution in [0.4, 0.5) is 4.79 Å². The number of unbranched alkanes of at least 4 members (excludes halogenated alkanes) is 1. The van der Waals surface area contributed by atoms with Crippen molar-refractivity contribution in [1.29, 1.82) is 0 Å². The first-order valence-electron chi connectivity index (χ1n) is 7.38. The Hall–Kier alpha value is -0.376. The predicted molar refractivity (Wildman–Crippen MR) is 86.7 cm³/mol. The molecule has 120 valence electrons. The average Bonchev–Trinajstić information content (AvgIpc) is 2.34. The highest BCUT2D eigenvalue weighted by atomic mass is 28.4. The summed E-state index contributed by atoms with van der Waals surface area (Å²) >= 11 is 0. The van der Waals surface area contributed by atoms with Gasteiger partial charge in [-0.1, -0.05) is 6.92 Å². The first-order chi connectivity index (χ1) is 9.22. The van der Waals surface area contributed by atoms with Crippen LogP contribution in [0.25, 0.3) is 0 Å². The molecule has 0 radical (unpaired) electrons. The normalized spacial score (nSPS) is 14.7. The lowest BCUT2D eigenvalue weighted by Gasteiger charge is -2.25. The Morgan fingerprint density at radius 3 is 2.30 bits per heavy atom. The van der Waals surface area contributed by atoms with Crippen LogP contribution in [0.5, 0.6) is 0 Å². The lowest BCUT2D eigenvalue weighted by Crippen LogP contribution is -2.38. The van der Waals surface area contributed by atoms with Crippen LogP contribution in [-0.2, 0) is 13.3 Å². The molecule has 5 nitrogen and oxygen atoms in total. The molecule has 0 fully saturated rings. The molecular formula is C13H31NO4Si2. The van der Waals surface area contributed by atoms with Gasteiger partial charge in [-0.05, 0) is 51.5 Å². The fourth-order valence-corrected chi connectivity index (χ4v) is 4.25. The Morgan fingerprint density at radius 1 is 1.15 bits per heavy atom. The summed E-state index contributed by atoms with van der Waals surface area (Å²) < 4.78 is 16.7. The number of hydrogen-bond donors (Lipinski definition) is 1. The van der Waals surface area contributed by atoms with Gasteiger partial charge in [0.2, 0.25) is 8.32 Å². The first kappa shape index (κ1) is 19.6. The fourth-order valence-electron chi connectivity index (χ4n) is 1.63. The molecule has 0 rings (SSSR count). The molecule has 0 aliphatic heterocycles. The van der Waals surface area contributed by atoms with Gasteiger partial charge in [-0.15, -0.1) is 0 Å². The SMILES string of the molecule is CCCO[Si](C)(CCCCNC(=O)O[Si](C)(C)C)OC. The van der Waals surface area contributed by atoms with Crippen LogP contribution < -0.4 is 5.32 Å². The van der Waals surface area contributed by atoms with Crippen molar-refractivity contribution >= 4 is 23.0 Å². The average molecular weight is 322 g/mol. The van der Waals surface area contributed by atoms with Gasteiger partial charge in [0.15, 0.2) is 0 Å². The van der Waals surface area contributed by atoms with E-state index in [1.165, 1.54) is 0 Å². The van der Waals surface area contributed by atoms with Gasteiger partial charge in [0.1, 0.15) is 0 Å². The minimum absolute atomic E-state index is 0.293. The van der Waals surface area contributed by atoms with E-state index in [0.717, 1.165) is 31.9 Å². The van der Waals surface area contributed by atoms with Crippen molar-refractivity contribution in [3.05, 3.63) is 0 Å². The summed E-state index contributed by atoms with van der Waals surface area (Å²) in [6.45, 7) is 11.6. The quantitative estimate of drug-likeness (QED) is 0.494. The molecule has 1 atom stereocenters. The zero-order chi connectivity index (χ0) is 15.6. The van der Waals surface area contributed by atoms with Crippen molar-refractivity contribution in [2.45, 2.75) is 58.4 Å². The summed E-state index contributed by atoms with van der Waals surface area (Å²) in [6.07, 6.45) is 2.63. The van der Waals surface area contributed by atoms with Crippen LogP contribution in [0.3, 0.4) is 0 Å². The molecule has 0 heterocycles. The molecule has 0 bridgehead atoms. The predicted octanol–water partition coefficient (Wildman–Crippen LogP) is 3.47. The topological polar surface area (TPSA) is 56.8 Å². The molecule has 0 saturated carbocycles. The molecule has 20 heavy (non-hydrogen) atoms. The molecule has 0 spiro atoms. The molecule has 0 aromatic rings. The largest absolute Gasteiger partial charge is 0.504 e. The highest BCUT2D eigenvalue weighted by Crippen LogP contribution is 2.16. The van der Waals surface area contributed by atoms with Crippen LogP contribution >= 0.6 is 0 Å². The van der Waals surface area contributed by atoms with Crippen LogP contribution in [0.1, 0.15) is 26.2 Å². The Balaban J connectivity index is 3.77. The highest BCUT2D eigenvalue weighted by molar-refractivity contribution is 6.71. The zero-order valence-corrected chi connectivity index (χ0v) is 15.9. The second kappa shape index (κ2) is 9.54. The van der Waals surface area contributed by atoms with E-state index < -0.39 is 16.9 Å². The number of hydrogen-bond acceptors (Lipinski definition) is 4. The molecule has 1 unspecified atom stereocenters. The Labute approximate surface area is 125 Å². The van der Waals surface area contributed by atoms with Crippen molar-refractivity contribution in [2.75, 3.05) is 20.3 Å². The number of amides is 1. The van der Waals surface area contributed by atoms with Crippen molar-refractivity contribution in [1.82, 2.24) is 5.32 Å². The zero-order valence-electron chi connectivity index (χ0n) is 13.9. The maximum absolute atomic E-state index is 11.5. The maximum Gasteiger partial charge on any atom is 0.393 e. The smallest absolute Gasteiger partial charge is 0.393 e. The van der Waals surface area contributed by atoms with Gasteiger partial charge < -0.3 is 18.6 Å². The minimum Gasteiger partial charge on any atom is -0.504 e. The lowest BCUT2D eigenvalue weighted by molar-refractivity contribution is 0.198. The third-order valence-electron chi connectivity index (χ3n) is 2.77. The van der Waals surface area contributed by atoms with Gasteiger partial charge in [0.25, 0.3) is 0 Å². The van der Waals surface area contributed by atoms with Gasteiger partial charge in [-0.2, -0.15) is 0 Å². The lowest BCUT2D eigenvalue weighted by atomic mass is 10.3. The van der Waals surface area contributed by atoms with Crippen molar-refractivity contribution in [2.24, 2.45) is 0 Å². The minimum atomic E-state index is -2.00. The molecule has 1 amide bonds. The molecule has 7 heteroatoms. The fraction of sp³-hybridized carbons (Fsp3) is 0.923. The molecule has 0 aromatic heterocycles. The number of rotatable bonds is 10. The van der Waals surface area contributed by atoms with Crippen LogP contribution in [0.2, 0.25) is 32.2 Å². The molecule has 0 aliphatic carbocycles. The molecule has 0 aliphatic rings. The van der Waals surface area contributed by atoms with Crippen molar-refractivity contribution in [3.8, 4) is 0 Å². The van der Waals surface area contributed by atoms with E-state index in [9.17, 15) is 4.79 Å². The van der Waals surface area contributed by atoms with Gasteiger partial charge in [-0.25, -0.2) is 4.79 Å². The summed E-state index contributed by atoms with van der Waals surface area (Å²) in [5, 5.41) is 2.79. The highest BCUT2D eigenvalue weighted by Gasteiger charge is 2.29. The molecule has 0 saturated heterocycles.